The van der Waals surface area contributed by atoms with Crippen molar-refractivity contribution in [3.8, 4) is 11.5 Å². The van der Waals surface area contributed by atoms with E-state index in [9.17, 15) is 5.11 Å². The van der Waals surface area contributed by atoms with Gasteiger partial charge in [0.25, 0.3) is 0 Å². The Labute approximate surface area is 184 Å². The van der Waals surface area contributed by atoms with Gasteiger partial charge in [0.15, 0.2) is 11.5 Å². The Bertz CT molecular complexity index is 882. The van der Waals surface area contributed by atoms with Crippen LogP contribution in [0.25, 0.3) is 0 Å². The summed E-state index contributed by atoms with van der Waals surface area (Å²) >= 11 is 0. The van der Waals surface area contributed by atoms with Crippen LogP contribution in [0.2, 0.25) is 0 Å². The van der Waals surface area contributed by atoms with Gasteiger partial charge < -0.3 is 19.3 Å². The van der Waals surface area contributed by atoms with Crippen LogP contribution < -0.4 is 9.47 Å². The lowest BCUT2D eigenvalue weighted by molar-refractivity contribution is -0.0325. The van der Waals surface area contributed by atoms with Crippen molar-refractivity contribution in [1.82, 2.24) is 9.80 Å². The second-order valence-electron chi connectivity index (χ2n) is 8.83. The molecule has 2 aromatic carbocycles. The SMILES string of the molecule is O[C@@H](CO[C@H]1CCCc2ccccc21)CN1CCN(Cc2ccc3c(c2)OCO3)CC1. The van der Waals surface area contributed by atoms with Gasteiger partial charge in [0, 0.05) is 39.3 Å². The largest absolute Gasteiger partial charge is 0.454 e. The van der Waals surface area contributed by atoms with Crippen molar-refractivity contribution in [3.05, 3.63) is 59.2 Å². The first-order chi connectivity index (χ1) is 15.2. The summed E-state index contributed by atoms with van der Waals surface area (Å²) in [7, 11) is 0. The molecule has 0 saturated carbocycles. The number of ether oxygens (including phenoxy) is 3. The summed E-state index contributed by atoms with van der Waals surface area (Å²) in [6.45, 7) is 6.23. The number of fused-ring (bicyclic) bond motifs is 2. The van der Waals surface area contributed by atoms with E-state index in [1.54, 1.807) is 0 Å². The van der Waals surface area contributed by atoms with Crippen molar-refractivity contribution < 1.29 is 19.3 Å². The van der Waals surface area contributed by atoms with E-state index in [0.29, 0.717) is 19.9 Å². The molecule has 2 aliphatic heterocycles. The molecule has 31 heavy (non-hydrogen) atoms. The molecule has 2 heterocycles. The van der Waals surface area contributed by atoms with Crippen molar-refractivity contribution >= 4 is 0 Å². The number of aryl methyl sites for hydroxylation is 1. The van der Waals surface area contributed by atoms with Crippen molar-refractivity contribution in [1.29, 1.82) is 0 Å². The van der Waals surface area contributed by atoms with E-state index in [-0.39, 0.29) is 6.10 Å². The molecule has 166 valence electrons. The number of aliphatic hydroxyl groups excluding tert-OH is 1. The first-order valence-electron chi connectivity index (χ1n) is 11.5. The molecule has 0 bridgehead atoms. The monoisotopic (exact) mass is 424 g/mol. The molecule has 0 radical (unpaired) electrons. The molecule has 6 nitrogen and oxygen atoms in total. The van der Waals surface area contributed by atoms with Crippen molar-refractivity contribution in [2.24, 2.45) is 0 Å². The number of nitrogens with zero attached hydrogens (tertiary/aromatic N) is 2. The van der Waals surface area contributed by atoms with Gasteiger partial charge in [0.1, 0.15) is 0 Å². The minimum Gasteiger partial charge on any atom is -0.454 e. The second-order valence-corrected chi connectivity index (χ2v) is 8.83. The Morgan fingerprint density at radius 2 is 1.81 bits per heavy atom. The maximum atomic E-state index is 10.6. The van der Waals surface area contributed by atoms with Gasteiger partial charge in [0.05, 0.1) is 18.8 Å². The number of rotatable bonds is 7. The quantitative estimate of drug-likeness (QED) is 0.738. The molecule has 1 fully saturated rings. The summed E-state index contributed by atoms with van der Waals surface area (Å²) in [6, 6.07) is 14.7. The first-order valence-corrected chi connectivity index (χ1v) is 11.5. The van der Waals surface area contributed by atoms with Crippen LogP contribution in [-0.4, -0.2) is 67.1 Å². The fraction of sp³-hybridized carbons (Fsp3) is 0.520. The second kappa shape index (κ2) is 9.57. The standard InChI is InChI=1S/C25H32N2O4/c28-21(17-29-23-7-3-5-20-4-1-2-6-22(20)23)16-27-12-10-26(11-13-27)15-19-8-9-24-25(14-19)31-18-30-24/h1-2,4,6,8-9,14,21,23,28H,3,5,7,10-13,15-18H2/t21-,23+/m1/s1. The molecule has 0 unspecified atom stereocenters. The van der Waals surface area contributed by atoms with Crippen LogP contribution in [0.3, 0.4) is 0 Å². The third-order valence-corrected chi connectivity index (χ3v) is 6.58. The van der Waals surface area contributed by atoms with Gasteiger partial charge >= 0.3 is 0 Å². The number of benzene rings is 2. The van der Waals surface area contributed by atoms with Gasteiger partial charge in [-0.25, -0.2) is 0 Å². The average molecular weight is 425 g/mol. The van der Waals surface area contributed by atoms with E-state index < -0.39 is 6.10 Å². The van der Waals surface area contributed by atoms with Gasteiger partial charge in [-0.05, 0) is 48.1 Å². The number of aliphatic hydroxyl groups is 1. The molecule has 1 saturated heterocycles. The van der Waals surface area contributed by atoms with Crippen LogP contribution >= 0.6 is 0 Å². The fourth-order valence-electron chi connectivity index (χ4n) is 4.89. The van der Waals surface area contributed by atoms with Crippen molar-refractivity contribution in [3.63, 3.8) is 0 Å². The van der Waals surface area contributed by atoms with Crippen LogP contribution in [0.4, 0.5) is 0 Å². The van der Waals surface area contributed by atoms with E-state index in [1.807, 2.05) is 6.07 Å². The molecule has 3 aliphatic rings. The predicted octanol–water partition coefficient (Wildman–Crippen LogP) is 2.99. The molecular formula is C25H32N2O4. The zero-order valence-electron chi connectivity index (χ0n) is 18.0. The number of hydrogen-bond acceptors (Lipinski definition) is 6. The Hall–Kier alpha value is -2.12. The smallest absolute Gasteiger partial charge is 0.231 e. The zero-order valence-corrected chi connectivity index (χ0v) is 18.0. The molecule has 1 N–H and O–H groups in total. The maximum absolute atomic E-state index is 10.6. The third kappa shape index (κ3) is 5.04. The molecule has 0 aromatic heterocycles. The van der Waals surface area contributed by atoms with Crippen molar-refractivity contribution in [2.75, 3.05) is 46.1 Å². The van der Waals surface area contributed by atoms with Crippen LogP contribution in [0, 0.1) is 0 Å². The van der Waals surface area contributed by atoms with Crippen molar-refractivity contribution in [2.45, 2.75) is 38.0 Å². The Morgan fingerprint density at radius 3 is 2.71 bits per heavy atom. The van der Waals surface area contributed by atoms with Gasteiger partial charge in [0.2, 0.25) is 6.79 Å². The summed E-state index contributed by atoms with van der Waals surface area (Å²) in [5, 5.41) is 10.6. The van der Waals surface area contributed by atoms with Crippen LogP contribution in [0.1, 0.15) is 35.6 Å². The van der Waals surface area contributed by atoms with E-state index in [0.717, 1.165) is 63.5 Å². The van der Waals surface area contributed by atoms with Crippen LogP contribution in [-0.2, 0) is 17.7 Å². The van der Waals surface area contributed by atoms with E-state index in [2.05, 4.69) is 46.2 Å². The number of β-amino-alcohol motifs (C(OH)–C–C–N with tert-alkyl or cyclic N) is 1. The summed E-state index contributed by atoms with van der Waals surface area (Å²) in [4.78, 5) is 4.80. The average Bonchev–Trinajstić information content (AvgIpc) is 3.27. The predicted molar refractivity (Wildman–Crippen MR) is 118 cm³/mol. The molecule has 0 spiro atoms. The highest BCUT2D eigenvalue weighted by atomic mass is 16.7. The van der Waals surface area contributed by atoms with Gasteiger partial charge in [-0.2, -0.15) is 0 Å². The molecule has 6 heteroatoms. The Morgan fingerprint density at radius 1 is 1.00 bits per heavy atom. The van der Waals surface area contributed by atoms with Gasteiger partial charge in [-0.15, -0.1) is 0 Å². The molecule has 5 rings (SSSR count). The summed E-state index contributed by atoms with van der Waals surface area (Å²) < 4.78 is 17.0. The molecular weight excluding hydrogens is 392 g/mol. The Balaban J connectivity index is 1.05. The zero-order chi connectivity index (χ0) is 21.0. The van der Waals surface area contributed by atoms with E-state index >= 15 is 0 Å². The summed E-state index contributed by atoms with van der Waals surface area (Å²) in [5.41, 5.74) is 3.95. The Kier molecular flexibility index (Phi) is 6.41. The first kappa shape index (κ1) is 20.8. The minimum atomic E-state index is -0.450. The van der Waals surface area contributed by atoms with Gasteiger partial charge in [-0.1, -0.05) is 30.3 Å². The molecule has 1 aliphatic carbocycles. The highest BCUT2D eigenvalue weighted by molar-refractivity contribution is 5.44. The number of piperazine rings is 1. The number of hydrogen-bond donors (Lipinski definition) is 1. The molecule has 0 amide bonds. The highest BCUT2D eigenvalue weighted by Crippen LogP contribution is 2.33. The van der Waals surface area contributed by atoms with Gasteiger partial charge in [-0.3, -0.25) is 9.80 Å². The van der Waals surface area contributed by atoms with Crippen LogP contribution in [0.15, 0.2) is 42.5 Å². The minimum absolute atomic E-state index is 0.123. The highest BCUT2D eigenvalue weighted by Gasteiger charge is 2.23. The normalized spacial score (nSPS) is 22.3. The third-order valence-electron chi connectivity index (χ3n) is 6.58. The lowest BCUT2D eigenvalue weighted by Crippen LogP contribution is -2.48. The topological polar surface area (TPSA) is 54.4 Å². The molecule has 2 atom stereocenters. The van der Waals surface area contributed by atoms with E-state index in [1.165, 1.54) is 16.7 Å². The maximum Gasteiger partial charge on any atom is 0.231 e. The molecule has 2 aromatic rings. The lowest BCUT2D eigenvalue weighted by atomic mass is 9.89. The van der Waals surface area contributed by atoms with Crippen LogP contribution in [0.5, 0.6) is 11.5 Å². The lowest BCUT2D eigenvalue weighted by Gasteiger charge is -2.36. The van der Waals surface area contributed by atoms with E-state index in [4.69, 9.17) is 14.2 Å². The fourth-order valence-corrected chi connectivity index (χ4v) is 4.89. The summed E-state index contributed by atoms with van der Waals surface area (Å²) in [6.07, 6.45) is 3.01. The summed E-state index contributed by atoms with van der Waals surface area (Å²) in [5.74, 6) is 1.68.